The standard InChI is InChI=1S/C17H33NO2/c1-5-10-17(11-6-2)12-18(13-17)15(4)9-7-8-14(3)16(19)20/h14-15H,5-13H2,1-4H3,(H,19,20). The molecule has 0 saturated carbocycles. The molecule has 0 spiro atoms. The van der Waals surface area contributed by atoms with E-state index in [-0.39, 0.29) is 5.92 Å². The average Bonchev–Trinajstić information content (AvgIpc) is 2.35. The number of likely N-dealkylation sites (tertiary alicyclic amines) is 1. The zero-order valence-electron chi connectivity index (χ0n) is 13.8. The molecule has 1 aliphatic rings. The zero-order chi connectivity index (χ0) is 15.2. The van der Waals surface area contributed by atoms with Gasteiger partial charge in [-0.15, -0.1) is 0 Å². The molecule has 0 aliphatic carbocycles. The third-order valence-corrected chi connectivity index (χ3v) is 4.94. The smallest absolute Gasteiger partial charge is 0.306 e. The minimum atomic E-state index is -0.661. The summed E-state index contributed by atoms with van der Waals surface area (Å²) in [5.41, 5.74) is 0.589. The maximum absolute atomic E-state index is 10.8. The Hall–Kier alpha value is -0.570. The maximum atomic E-state index is 10.8. The number of aliphatic carboxylic acids is 1. The van der Waals surface area contributed by atoms with Crippen molar-refractivity contribution in [3.05, 3.63) is 0 Å². The lowest BCUT2D eigenvalue weighted by Gasteiger charge is -2.53. The highest BCUT2D eigenvalue weighted by Gasteiger charge is 2.42. The number of carboxylic acid groups (broad SMARTS) is 1. The molecule has 20 heavy (non-hydrogen) atoms. The van der Waals surface area contributed by atoms with E-state index < -0.39 is 5.97 Å². The van der Waals surface area contributed by atoms with Gasteiger partial charge in [-0.25, -0.2) is 0 Å². The van der Waals surface area contributed by atoms with Crippen molar-refractivity contribution in [2.45, 2.75) is 78.7 Å². The van der Waals surface area contributed by atoms with Gasteiger partial charge >= 0.3 is 5.97 Å². The summed E-state index contributed by atoms with van der Waals surface area (Å²) in [6, 6.07) is 0.609. The van der Waals surface area contributed by atoms with Crippen molar-refractivity contribution in [2.24, 2.45) is 11.3 Å². The first-order chi connectivity index (χ1) is 9.44. The van der Waals surface area contributed by atoms with Gasteiger partial charge in [0, 0.05) is 19.1 Å². The summed E-state index contributed by atoms with van der Waals surface area (Å²) >= 11 is 0. The largest absolute Gasteiger partial charge is 0.481 e. The minimum Gasteiger partial charge on any atom is -0.481 e. The SMILES string of the molecule is CCCC1(CCC)CN(C(C)CCCC(C)C(=O)O)C1. The van der Waals surface area contributed by atoms with Crippen molar-refractivity contribution >= 4 is 5.97 Å². The molecular weight excluding hydrogens is 250 g/mol. The summed E-state index contributed by atoms with van der Waals surface area (Å²) in [4.78, 5) is 13.4. The fraction of sp³-hybridized carbons (Fsp3) is 0.941. The molecule has 1 N–H and O–H groups in total. The fourth-order valence-electron chi connectivity index (χ4n) is 3.65. The molecule has 1 rings (SSSR count). The normalized spacial score (nSPS) is 21.2. The third kappa shape index (κ3) is 4.76. The van der Waals surface area contributed by atoms with Crippen LogP contribution >= 0.6 is 0 Å². The van der Waals surface area contributed by atoms with Gasteiger partial charge in [0.05, 0.1) is 5.92 Å². The summed E-state index contributed by atoms with van der Waals surface area (Å²) in [6.07, 6.45) is 8.27. The number of nitrogens with zero attached hydrogens (tertiary/aromatic N) is 1. The highest BCUT2D eigenvalue weighted by atomic mass is 16.4. The monoisotopic (exact) mass is 283 g/mol. The van der Waals surface area contributed by atoms with Gasteiger partial charge in [-0.3, -0.25) is 9.69 Å². The number of hydrogen-bond acceptors (Lipinski definition) is 2. The molecule has 3 heteroatoms. The Morgan fingerprint density at radius 2 is 1.70 bits per heavy atom. The van der Waals surface area contributed by atoms with Crippen LogP contribution in [0.15, 0.2) is 0 Å². The van der Waals surface area contributed by atoms with E-state index in [4.69, 9.17) is 5.11 Å². The third-order valence-electron chi connectivity index (χ3n) is 4.94. The topological polar surface area (TPSA) is 40.5 Å². The summed E-state index contributed by atoms with van der Waals surface area (Å²) < 4.78 is 0. The van der Waals surface area contributed by atoms with E-state index in [1.807, 2.05) is 6.92 Å². The lowest BCUT2D eigenvalue weighted by molar-refractivity contribution is -0.141. The fourth-order valence-corrected chi connectivity index (χ4v) is 3.65. The zero-order valence-corrected chi connectivity index (χ0v) is 13.8. The Kier molecular flexibility index (Phi) is 7.01. The van der Waals surface area contributed by atoms with E-state index in [9.17, 15) is 4.79 Å². The first-order valence-corrected chi connectivity index (χ1v) is 8.41. The second-order valence-electron chi connectivity index (χ2n) is 6.92. The van der Waals surface area contributed by atoms with Crippen LogP contribution in [0.25, 0.3) is 0 Å². The van der Waals surface area contributed by atoms with E-state index >= 15 is 0 Å². The second-order valence-corrected chi connectivity index (χ2v) is 6.92. The number of rotatable bonds is 10. The summed E-state index contributed by atoms with van der Waals surface area (Å²) in [5, 5.41) is 8.89. The molecule has 0 aromatic carbocycles. The van der Waals surface area contributed by atoms with Gasteiger partial charge in [-0.05, 0) is 38.0 Å². The quantitative estimate of drug-likeness (QED) is 0.654. The molecule has 0 amide bonds. The van der Waals surface area contributed by atoms with Crippen LogP contribution in [0, 0.1) is 11.3 Å². The molecule has 118 valence electrons. The molecule has 1 fully saturated rings. The Balaban J connectivity index is 2.26. The molecule has 2 atom stereocenters. The van der Waals surface area contributed by atoms with Crippen LogP contribution in [0.4, 0.5) is 0 Å². The lowest BCUT2D eigenvalue weighted by Crippen LogP contribution is -2.59. The summed E-state index contributed by atoms with van der Waals surface area (Å²) in [5.74, 6) is -0.857. The molecule has 0 radical (unpaired) electrons. The van der Waals surface area contributed by atoms with Crippen molar-refractivity contribution in [3.8, 4) is 0 Å². The van der Waals surface area contributed by atoms with E-state index in [0.717, 1.165) is 19.3 Å². The van der Waals surface area contributed by atoms with Crippen molar-refractivity contribution in [2.75, 3.05) is 13.1 Å². The maximum Gasteiger partial charge on any atom is 0.306 e. The van der Waals surface area contributed by atoms with Crippen LogP contribution < -0.4 is 0 Å². The van der Waals surface area contributed by atoms with Crippen LogP contribution in [0.1, 0.15) is 72.6 Å². The molecule has 1 aliphatic heterocycles. The molecule has 2 unspecified atom stereocenters. The van der Waals surface area contributed by atoms with E-state index in [1.165, 1.54) is 38.8 Å². The van der Waals surface area contributed by atoms with Crippen LogP contribution in [-0.2, 0) is 4.79 Å². The van der Waals surface area contributed by atoms with Crippen molar-refractivity contribution < 1.29 is 9.90 Å². The molecule has 0 aromatic heterocycles. The number of carbonyl (C=O) groups is 1. The molecular formula is C17H33NO2. The van der Waals surface area contributed by atoms with Crippen molar-refractivity contribution in [3.63, 3.8) is 0 Å². The van der Waals surface area contributed by atoms with Gasteiger partial charge in [0.1, 0.15) is 0 Å². The first kappa shape index (κ1) is 17.5. The molecule has 1 heterocycles. The average molecular weight is 283 g/mol. The van der Waals surface area contributed by atoms with Crippen LogP contribution in [-0.4, -0.2) is 35.1 Å². The summed E-state index contributed by atoms with van der Waals surface area (Å²) in [6.45, 7) is 11.2. The van der Waals surface area contributed by atoms with E-state index in [2.05, 4.69) is 25.7 Å². The van der Waals surface area contributed by atoms with Crippen LogP contribution in [0.5, 0.6) is 0 Å². The number of hydrogen-bond donors (Lipinski definition) is 1. The molecule has 0 aromatic rings. The molecule has 3 nitrogen and oxygen atoms in total. The Morgan fingerprint density at radius 3 is 2.15 bits per heavy atom. The Morgan fingerprint density at radius 1 is 1.15 bits per heavy atom. The van der Waals surface area contributed by atoms with Gasteiger partial charge in [0.2, 0.25) is 0 Å². The highest BCUT2D eigenvalue weighted by molar-refractivity contribution is 5.69. The summed E-state index contributed by atoms with van der Waals surface area (Å²) in [7, 11) is 0. The van der Waals surface area contributed by atoms with Crippen molar-refractivity contribution in [1.82, 2.24) is 4.90 Å². The molecule has 1 saturated heterocycles. The highest BCUT2D eigenvalue weighted by Crippen LogP contribution is 2.41. The van der Waals surface area contributed by atoms with Gasteiger partial charge in [0.25, 0.3) is 0 Å². The Labute approximate surface area is 124 Å². The first-order valence-electron chi connectivity index (χ1n) is 8.41. The van der Waals surface area contributed by atoms with Crippen LogP contribution in [0.2, 0.25) is 0 Å². The van der Waals surface area contributed by atoms with Gasteiger partial charge in [-0.2, -0.15) is 0 Å². The number of carboxylic acids is 1. The van der Waals surface area contributed by atoms with Crippen molar-refractivity contribution in [1.29, 1.82) is 0 Å². The molecule has 0 bridgehead atoms. The van der Waals surface area contributed by atoms with Gasteiger partial charge < -0.3 is 5.11 Å². The lowest BCUT2D eigenvalue weighted by atomic mass is 9.72. The van der Waals surface area contributed by atoms with Gasteiger partial charge in [0.15, 0.2) is 0 Å². The predicted octanol–water partition coefficient (Wildman–Crippen LogP) is 4.17. The second kappa shape index (κ2) is 8.02. The van der Waals surface area contributed by atoms with E-state index in [0.29, 0.717) is 11.5 Å². The van der Waals surface area contributed by atoms with Crippen LogP contribution in [0.3, 0.4) is 0 Å². The minimum absolute atomic E-state index is 0.196. The predicted molar refractivity (Wildman–Crippen MR) is 83.9 cm³/mol. The van der Waals surface area contributed by atoms with Gasteiger partial charge in [-0.1, -0.05) is 40.0 Å². The van der Waals surface area contributed by atoms with E-state index in [1.54, 1.807) is 0 Å². The Bertz CT molecular complexity index is 289.